The van der Waals surface area contributed by atoms with Gasteiger partial charge in [0.2, 0.25) is 0 Å². The van der Waals surface area contributed by atoms with Gasteiger partial charge in [0.15, 0.2) is 0 Å². The maximum Gasteiger partial charge on any atom is 0.327 e. The molecule has 1 N–H and O–H groups in total. The number of hydrogen-bond donors (Lipinski definition) is 1. The molecule has 0 aliphatic carbocycles. The molecule has 90 valence electrons. The molecule has 2 rings (SSSR count). The summed E-state index contributed by atoms with van der Waals surface area (Å²) in [6.45, 7) is 0.292. The van der Waals surface area contributed by atoms with Crippen LogP contribution in [0.4, 0.5) is 10.6 Å². The van der Waals surface area contributed by atoms with E-state index in [9.17, 15) is 9.59 Å². The van der Waals surface area contributed by atoms with Gasteiger partial charge in [-0.15, -0.1) is 0 Å². The first-order valence-corrected chi connectivity index (χ1v) is 5.16. The molecule has 1 fully saturated rings. The number of amides is 3. The van der Waals surface area contributed by atoms with E-state index in [-0.39, 0.29) is 25.0 Å². The van der Waals surface area contributed by atoms with Crippen molar-refractivity contribution in [2.45, 2.75) is 6.54 Å². The zero-order chi connectivity index (χ0) is 12.4. The smallest absolute Gasteiger partial charge is 0.327 e. The van der Waals surface area contributed by atoms with Gasteiger partial charge in [-0.3, -0.25) is 14.7 Å². The number of carbonyl (C=O) groups excluding carboxylic acids is 2. The second-order valence-electron chi connectivity index (χ2n) is 3.76. The number of rotatable bonds is 3. The van der Waals surface area contributed by atoms with Crippen LogP contribution in [0.2, 0.25) is 0 Å². The van der Waals surface area contributed by atoms with Crippen LogP contribution in [0.15, 0.2) is 12.4 Å². The van der Waals surface area contributed by atoms with Gasteiger partial charge in [-0.1, -0.05) is 0 Å². The zero-order valence-corrected chi connectivity index (χ0v) is 9.67. The van der Waals surface area contributed by atoms with Crippen molar-refractivity contribution in [3.63, 3.8) is 0 Å². The van der Waals surface area contributed by atoms with E-state index in [1.54, 1.807) is 26.5 Å². The van der Waals surface area contributed by atoms with E-state index in [1.807, 2.05) is 0 Å². The second-order valence-corrected chi connectivity index (χ2v) is 3.76. The van der Waals surface area contributed by atoms with Gasteiger partial charge in [0.25, 0.3) is 5.91 Å². The number of likely N-dealkylation sites (N-methyl/N-ethyl adjacent to an activating group) is 1. The van der Waals surface area contributed by atoms with Crippen molar-refractivity contribution >= 4 is 17.8 Å². The maximum absolute atomic E-state index is 11.6. The van der Waals surface area contributed by atoms with Crippen LogP contribution in [0.25, 0.3) is 0 Å². The first-order chi connectivity index (χ1) is 8.11. The minimum absolute atomic E-state index is 0.126. The molecule has 1 aliphatic heterocycles. The Balaban J connectivity index is 2.10. The van der Waals surface area contributed by atoms with Crippen molar-refractivity contribution in [1.82, 2.24) is 19.8 Å². The third-order valence-electron chi connectivity index (χ3n) is 2.51. The Morgan fingerprint density at radius 3 is 2.59 bits per heavy atom. The SMILES string of the molecule is CNc1cnc(CN2C(=O)CN(C)C2=O)cn1. The molecule has 1 aliphatic rings. The number of imide groups is 1. The quantitative estimate of drug-likeness (QED) is 0.741. The van der Waals surface area contributed by atoms with E-state index >= 15 is 0 Å². The highest BCUT2D eigenvalue weighted by molar-refractivity contribution is 6.01. The summed E-state index contributed by atoms with van der Waals surface area (Å²) in [6.07, 6.45) is 3.11. The molecule has 1 aromatic rings. The average Bonchev–Trinajstić information content (AvgIpc) is 2.57. The molecule has 0 bridgehead atoms. The van der Waals surface area contributed by atoms with Gasteiger partial charge >= 0.3 is 6.03 Å². The Morgan fingerprint density at radius 1 is 1.35 bits per heavy atom. The Morgan fingerprint density at radius 2 is 2.12 bits per heavy atom. The number of urea groups is 1. The molecule has 0 spiro atoms. The molecule has 7 nitrogen and oxygen atoms in total. The summed E-state index contributed by atoms with van der Waals surface area (Å²) < 4.78 is 0. The first kappa shape index (κ1) is 11.3. The van der Waals surface area contributed by atoms with Crippen LogP contribution >= 0.6 is 0 Å². The minimum atomic E-state index is -0.297. The number of anilines is 1. The Labute approximate surface area is 98.4 Å². The molecule has 0 saturated carbocycles. The highest BCUT2D eigenvalue weighted by Crippen LogP contribution is 2.11. The van der Waals surface area contributed by atoms with Crippen LogP contribution in [0, 0.1) is 0 Å². The minimum Gasteiger partial charge on any atom is -0.372 e. The van der Waals surface area contributed by atoms with E-state index in [0.717, 1.165) is 0 Å². The van der Waals surface area contributed by atoms with E-state index in [0.29, 0.717) is 11.5 Å². The van der Waals surface area contributed by atoms with Crippen molar-refractivity contribution < 1.29 is 9.59 Å². The highest BCUT2D eigenvalue weighted by Gasteiger charge is 2.33. The molecule has 17 heavy (non-hydrogen) atoms. The molecule has 1 saturated heterocycles. The number of carbonyl (C=O) groups is 2. The predicted molar refractivity (Wildman–Crippen MR) is 60.2 cm³/mol. The van der Waals surface area contributed by atoms with Crippen LogP contribution in [0.5, 0.6) is 0 Å². The fraction of sp³-hybridized carbons (Fsp3) is 0.400. The lowest BCUT2D eigenvalue weighted by Gasteiger charge is -2.13. The van der Waals surface area contributed by atoms with E-state index in [2.05, 4.69) is 15.3 Å². The lowest BCUT2D eigenvalue weighted by Crippen LogP contribution is -2.31. The fourth-order valence-electron chi connectivity index (χ4n) is 1.55. The normalized spacial score (nSPS) is 15.6. The van der Waals surface area contributed by atoms with Gasteiger partial charge in [-0.05, 0) is 0 Å². The van der Waals surface area contributed by atoms with Gasteiger partial charge < -0.3 is 10.2 Å². The van der Waals surface area contributed by atoms with E-state index in [4.69, 9.17) is 0 Å². The van der Waals surface area contributed by atoms with Crippen LogP contribution in [0.3, 0.4) is 0 Å². The third-order valence-corrected chi connectivity index (χ3v) is 2.51. The molecule has 3 amide bonds. The average molecular weight is 235 g/mol. The Bertz CT molecular complexity index is 445. The van der Waals surface area contributed by atoms with Crippen molar-refractivity contribution in [1.29, 1.82) is 0 Å². The predicted octanol–water partition coefficient (Wildman–Crippen LogP) is -0.0877. The summed E-state index contributed by atoms with van der Waals surface area (Å²) in [5.74, 6) is 0.432. The number of hydrogen-bond acceptors (Lipinski definition) is 5. The van der Waals surface area contributed by atoms with Crippen LogP contribution in [-0.2, 0) is 11.3 Å². The third kappa shape index (κ3) is 2.17. The summed E-state index contributed by atoms with van der Waals surface area (Å²) in [6, 6.07) is -0.297. The van der Waals surface area contributed by atoms with Gasteiger partial charge in [0, 0.05) is 14.1 Å². The maximum atomic E-state index is 11.6. The second kappa shape index (κ2) is 4.36. The summed E-state index contributed by atoms with van der Waals surface area (Å²) in [4.78, 5) is 33.9. The summed E-state index contributed by atoms with van der Waals surface area (Å²) in [7, 11) is 3.34. The molecule has 2 heterocycles. The first-order valence-electron chi connectivity index (χ1n) is 5.16. The highest BCUT2D eigenvalue weighted by atomic mass is 16.2. The Kier molecular flexibility index (Phi) is 2.90. The number of nitrogens with zero attached hydrogens (tertiary/aromatic N) is 4. The molecular formula is C10H13N5O2. The van der Waals surface area contributed by atoms with Crippen molar-refractivity contribution in [2.75, 3.05) is 26.0 Å². The van der Waals surface area contributed by atoms with Crippen LogP contribution in [-0.4, -0.2) is 52.3 Å². The lowest BCUT2D eigenvalue weighted by molar-refractivity contribution is -0.125. The summed E-state index contributed by atoms with van der Waals surface area (Å²) in [5.41, 5.74) is 0.584. The summed E-state index contributed by atoms with van der Waals surface area (Å²) >= 11 is 0. The van der Waals surface area contributed by atoms with Gasteiger partial charge in [0.05, 0.1) is 24.6 Å². The number of aromatic nitrogens is 2. The van der Waals surface area contributed by atoms with E-state index < -0.39 is 0 Å². The Hall–Kier alpha value is -2.18. The molecular weight excluding hydrogens is 222 g/mol. The topological polar surface area (TPSA) is 78.4 Å². The van der Waals surface area contributed by atoms with Crippen LogP contribution < -0.4 is 5.32 Å². The van der Waals surface area contributed by atoms with Gasteiger partial charge in [-0.25, -0.2) is 9.78 Å². The molecule has 7 heteroatoms. The summed E-state index contributed by atoms with van der Waals surface area (Å²) in [5, 5.41) is 2.84. The van der Waals surface area contributed by atoms with Crippen molar-refractivity contribution in [2.24, 2.45) is 0 Å². The monoisotopic (exact) mass is 235 g/mol. The fourth-order valence-corrected chi connectivity index (χ4v) is 1.55. The molecule has 0 aromatic carbocycles. The van der Waals surface area contributed by atoms with Crippen molar-refractivity contribution in [3.05, 3.63) is 18.1 Å². The lowest BCUT2D eigenvalue weighted by atomic mass is 10.4. The molecule has 1 aromatic heterocycles. The van der Waals surface area contributed by atoms with E-state index in [1.165, 1.54) is 9.80 Å². The standard InChI is InChI=1S/C10H13N5O2/c1-11-8-4-12-7(3-13-8)5-15-9(16)6-14(2)10(15)17/h3-4H,5-6H2,1-2H3,(H,11,13). The van der Waals surface area contributed by atoms with Crippen molar-refractivity contribution in [3.8, 4) is 0 Å². The van der Waals surface area contributed by atoms with Gasteiger partial charge in [0.1, 0.15) is 12.4 Å². The molecule has 0 unspecified atom stereocenters. The molecule has 0 radical (unpaired) electrons. The number of nitrogens with one attached hydrogen (secondary N) is 1. The largest absolute Gasteiger partial charge is 0.372 e. The van der Waals surface area contributed by atoms with Crippen LogP contribution in [0.1, 0.15) is 5.69 Å². The van der Waals surface area contributed by atoms with Gasteiger partial charge in [-0.2, -0.15) is 0 Å². The molecule has 0 atom stereocenters. The zero-order valence-electron chi connectivity index (χ0n) is 9.67.